The number of rotatable bonds is 5. The normalized spacial score (nSPS) is 17.6. The maximum atomic E-state index is 11.9. The lowest BCUT2D eigenvalue weighted by Gasteiger charge is -2.16. The lowest BCUT2D eigenvalue weighted by molar-refractivity contribution is -0.122. The Balaban J connectivity index is 1.74. The third-order valence-corrected chi connectivity index (χ3v) is 3.37. The van der Waals surface area contributed by atoms with E-state index in [4.69, 9.17) is 5.73 Å². The molecule has 1 aliphatic rings. The molecule has 1 aromatic carbocycles. The van der Waals surface area contributed by atoms with Gasteiger partial charge in [-0.15, -0.1) is 0 Å². The molecule has 0 aromatic heterocycles. The summed E-state index contributed by atoms with van der Waals surface area (Å²) >= 11 is 0. The number of hydrogen-bond donors (Lipinski definition) is 2. The summed E-state index contributed by atoms with van der Waals surface area (Å²) in [5, 5.41) is 2.90. The van der Waals surface area contributed by atoms with Crippen LogP contribution >= 0.6 is 0 Å². The van der Waals surface area contributed by atoms with Crippen molar-refractivity contribution < 1.29 is 4.79 Å². The zero-order valence-corrected chi connectivity index (χ0v) is 10.6. The lowest BCUT2D eigenvalue weighted by atomic mass is 10.1. The molecular formula is C14H21N3O. The Morgan fingerprint density at radius 3 is 2.61 bits per heavy atom. The summed E-state index contributed by atoms with van der Waals surface area (Å²) in [5.74, 6) is -0.0969. The lowest BCUT2D eigenvalue weighted by Crippen LogP contribution is -2.38. The molecule has 4 heteroatoms. The number of amides is 1. The topological polar surface area (TPSA) is 58.4 Å². The maximum Gasteiger partial charge on any atom is 0.241 e. The minimum absolute atomic E-state index is 0.0969. The molecule has 1 amide bonds. The Labute approximate surface area is 108 Å². The summed E-state index contributed by atoms with van der Waals surface area (Å²) in [6, 6.07) is 8.90. The van der Waals surface area contributed by atoms with Crippen LogP contribution in [0.2, 0.25) is 0 Å². The first-order chi connectivity index (χ1) is 8.77. The number of carbonyl (C=O) groups is 1. The molecule has 1 saturated heterocycles. The van der Waals surface area contributed by atoms with Crippen molar-refractivity contribution in [3.63, 3.8) is 0 Å². The third-order valence-electron chi connectivity index (χ3n) is 3.37. The van der Waals surface area contributed by atoms with E-state index in [2.05, 4.69) is 10.2 Å². The second kappa shape index (κ2) is 6.52. The van der Waals surface area contributed by atoms with Crippen molar-refractivity contribution in [3.05, 3.63) is 35.9 Å². The van der Waals surface area contributed by atoms with Gasteiger partial charge in [0.2, 0.25) is 5.91 Å². The number of benzene rings is 1. The fraction of sp³-hybridized carbons (Fsp3) is 0.500. The van der Waals surface area contributed by atoms with Crippen LogP contribution in [0.4, 0.5) is 0 Å². The van der Waals surface area contributed by atoms with Gasteiger partial charge in [-0.05, 0) is 31.5 Å². The number of likely N-dealkylation sites (tertiary alicyclic amines) is 1. The van der Waals surface area contributed by atoms with Gasteiger partial charge in [-0.2, -0.15) is 0 Å². The fourth-order valence-electron chi connectivity index (χ4n) is 2.27. The van der Waals surface area contributed by atoms with Crippen molar-refractivity contribution in [2.45, 2.75) is 18.9 Å². The zero-order chi connectivity index (χ0) is 12.8. The first-order valence-corrected chi connectivity index (χ1v) is 6.58. The van der Waals surface area contributed by atoms with E-state index in [9.17, 15) is 4.79 Å². The molecule has 1 atom stereocenters. The van der Waals surface area contributed by atoms with Crippen LogP contribution < -0.4 is 11.1 Å². The van der Waals surface area contributed by atoms with Crippen LogP contribution in [-0.4, -0.2) is 37.0 Å². The molecule has 0 saturated carbocycles. The molecular weight excluding hydrogens is 226 g/mol. The highest BCUT2D eigenvalue weighted by Crippen LogP contribution is 2.09. The Kier molecular flexibility index (Phi) is 4.73. The average molecular weight is 247 g/mol. The van der Waals surface area contributed by atoms with E-state index < -0.39 is 6.04 Å². The van der Waals surface area contributed by atoms with Crippen LogP contribution in [0.25, 0.3) is 0 Å². The molecule has 98 valence electrons. The Hall–Kier alpha value is -1.39. The number of nitrogens with two attached hydrogens (primary N) is 1. The molecule has 1 heterocycles. The van der Waals surface area contributed by atoms with E-state index in [-0.39, 0.29) is 5.91 Å². The Morgan fingerprint density at radius 1 is 1.28 bits per heavy atom. The van der Waals surface area contributed by atoms with Gasteiger partial charge >= 0.3 is 0 Å². The monoisotopic (exact) mass is 247 g/mol. The summed E-state index contributed by atoms with van der Waals surface area (Å²) in [6.07, 6.45) is 2.55. The van der Waals surface area contributed by atoms with Crippen LogP contribution in [0.1, 0.15) is 24.4 Å². The molecule has 0 spiro atoms. The van der Waals surface area contributed by atoms with Crippen LogP contribution in [0, 0.1) is 0 Å². The van der Waals surface area contributed by atoms with Crippen molar-refractivity contribution in [1.82, 2.24) is 10.2 Å². The van der Waals surface area contributed by atoms with E-state index in [1.807, 2.05) is 30.3 Å². The highest BCUT2D eigenvalue weighted by atomic mass is 16.2. The Morgan fingerprint density at radius 2 is 1.94 bits per heavy atom. The van der Waals surface area contributed by atoms with E-state index in [0.717, 1.165) is 25.2 Å². The molecule has 3 N–H and O–H groups in total. The van der Waals surface area contributed by atoms with Crippen molar-refractivity contribution in [2.24, 2.45) is 5.73 Å². The molecule has 2 rings (SSSR count). The zero-order valence-electron chi connectivity index (χ0n) is 10.6. The molecule has 1 aliphatic heterocycles. The first-order valence-electron chi connectivity index (χ1n) is 6.58. The standard InChI is InChI=1S/C14H21N3O/c15-13(12-6-2-1-3-7-12)14(18)16-8-11-17-9-4-5-10-17/h1-3,6-7,13H,4-5,8-11,15H2,(H,16,18). The van der Waals surface area contributed by atoms with Gasteiger partial charge in [0.05, 0.1) is 0 Å². The minimum atomic E-state index is -0.565. The molecule has 4 nitrogen and oxygen atoms in total. The van der Waals surface area contributed by atoms with Gasteiger partial charge in [-0.1, -0.05) is 30.3 Å². The van der Waals surface area contributed by atoms with E-state index in [0.29, 0.717) is 6.54 Å². The summed E-state index contributed by atoms with van der Waals surface area (Å²) in [5.41, 5.74) is 6.76. The molecule has 18 heavy (non-hydrogen) atoms. The highest BCUT2D eigenvalue weighted by Gasteiger charge is 2.16. The molecule has 1 unspecified atom stereocenters. The number of nitrogens with zero attached hydrogens (tertiary/aromatic N) is 1. The van der Waals surface area contributed by atoms with Gasteiger partial charge in [-0.3, -0.25) is 4.79 Å². The van der Waals surface area contributed by atoms with Crippen LogP contribution in [0.3, 0.4) is 0 Å². The molecule has 1 fully saturated rings. The second-order valence-electron chi connectivity index (χ2n) is 4.73. The second-order valence-corrected chi connectivity index (χ2v) is 4.73. The van der Waals surface area contributed by atoms with Crippen LogP contribution in [0.15, 0.2) is 30.3 Å². The van der Waals surface area contributed by atoms with Crippen molar-refractivity contribution in [3.8, 4) is 0 Å². The highest BCUT2D eigenvalue weighted by molar-refractivity contribution is 5.82. The van der Waals surface area contributed by atoms with Gasteiger partial charge in [-0.25, -0.2) is 0 Å². The van der Waals surface area contributed by atoms with E-state index >= 15 is 0 Å². The van der Waals surface area contributed by atoms with Gasteiger partial charge < -0.3 is 16.0 Å². The van der Waals surface area contributed by atoms with Crippen molar-refractivity contribution >= 4 is 5.91 Å². The fourth-order valence-corrected chi connectivity index (χ4v) is 2.27. The largest absolute Gasteiger partial charge is 0.353 e. The van der Waals surface area contributed by atoms with Crippen LogP contribution in [-0.2, 0) is 4.79 Å². The van der Waals surface area contributed by atoms with Crippen LogP contribution in [0.5, 0.6) is 0 Å². The maximum absolute atomic E-state index is 11.9. The summed E-state index contributed by atoms with van der Waals surface area (Å²) in [6.45, 7) is 3.91. The van der Waals surface area contributed by atoms with Gasteiger partial charge in [0.1, 0.15) is 6.04 Å². The van der Waals surface area contributed by atoms with E-state index in [1.54, 1.807) is 0 Å². The van der Waals surface area contributed by atoms with E-state index in [1.165, 1.54) is 12.8 Å². The predicted molar refractivity (Wildman–Crippen MR) is 72.1 cm³/mol. The Bertz CT molecular complexity index is 374. The first kappa shape index (κ1) is 13.1. The van der Waals surface area contributed by atoms with Gasteiger partial charge in [0.25, 0.3) is 0 Å². The number of nitrogens with one attached hydrogen (secondary N) is 1. The third kappa shape index (κ3) is 3.55. The summed E-state index contributed by atoms with van der Waals surface area (Å²) in [7, 11) is 0. The SMILES string of the molecule is NC(C(=O)NCCN1CCCC1)c1ccccc1. The molecule has 1 aromatic rings. The van der Waals surface area contributed by atoms with Crippen molar-refractivity contribution in [2.75, 3.05) is 26.2 Å². The number of carbonyl (C=O) groups excluding carboxylic acids is 1. The number of hydrogen-bond acceptors (Lipinski definition) is 3. The summed E-state index contributed by atoms with van der Waals surface area (Å²) < 4.78 is 0. The molecule has 0 radical (unpaired) electrons. The van der Waals surface area contributed by atoms with Gasteiger partial charge in [0, 0.05) is 13.1 Å². The summed E-state index contributed by atoms with van der Waals surface area (Å²) in [4.78, 5) is 14.2. The van der Waals surface area contributed by atoms with Crippen molar-refractivity contribution in [1.29, 1.82) is 0 Å². The minimum Gasteiger partial charge on any atom is -0.353 e. The van der Waals surface area contributed by atoms with Gasteiger partial charge in [0.15, 0.2) is 0 Å². The predicted octanol–water partition coefficient (Wildman–Crippen LogP) is 0.898. The molecule has 0 aliphatic carbocycles. The molecule has 0 bridgehead atoms. The smallest absolute Gasteiger partial charge is 0.241 e. The average Bonchev–Trinajstić information content (AvgIpc) is 2.92. The quantitative estimate of drug-likeness (QED) is 0.812.